The molecule has 5 rings (SSSR count). The molecular formula is C43H51N4O10P. The van der Waals surface area contributed by atoms with Crippen LogP contribution in [0.15, 0.2) is 101 Å². The van der Waals surface area contributed by atoms with Crippen molar-refractivity contribution in [3.05, 3.63) is 134 Å². The summed E-state index contributed by atoms with van der Waals surface area (Å²) in [5.41, 5.74) is -0.0869. The van der Waals surface area contributed by atoms with Gasteiger partial charge >= 0.3 is 11.7 Å². The van der Waals surface area contributed by atoms with E-state index in [2.05, 4.69) is 20.5 Å². The molecule has 2 heterocycles. The van der Waals surface area contributed by atoms with Crippen molar-refractivity contribution >= 4 is 20.6 Å². The van der Waals surface area contributed by atoms with Crippen molar-refractivity contribution in [1.29, 1.82) is 5.26 Å². The minimum Gasteiger partial charge on any atom is -0.497 e. The van der Waals surface area contributed by atoms with Crippen molar-refractivity contribution in [3.8, 4) is 17.6 Å². The highest BCUT2D eigenvalue weighted by Gasteiger charge is 2.45. The Morgan fingerprint density at radius 3 is 2.07 bits per heavy atom. The van der Waals surface area contributed by atoms with Crippen molar-refractivity contribution < 1.29 is 37.5 Å². The molecule has 58 heavy (non-hydrogen) atoms. The van der Waals surface area contributed by atoms with E-state index in [1.807, 2.05) is 107 Å². The number of H-pyrrole nitrogens is 1. The Kier molecular flexibility index (Phi) is 15.6. The van der Waals surface area contributed by atoms with Crippen molar-refractivity contribution in [1.82, 2.24) is 14.2 Å². The van der Waals surface area contributed by atoms with Gasteiger partial charge in [-0.25, -0.2) is 14.3 Å². The van der Waals surface area contributed by atoms with E-state index in [1.54, 1.807) is 14.2 Å². The zero-order chi connectivity index (χ0) is 41.8. The fourth-order valence-electron chi connectivity index (χ4n) is 6.88. The maximum Gasteiger partial charge on any atom is 0.330 e. The number of nitrogens with zero attached hydrogens (tertiary/aromatic N) is 3. The Morgan fingerprint density at radius 2 is 1.53 bits per heavy atom. The molecule has 14 nitrogen and oxygen atoms in total. The smallest absolute Gasteiger partial charge is 0.330 e. The van der Waals surface area contributed by atoms with Crippen LogP contribution in [-0.4, -0.2) is 79.0 Å². The monoisotopic (exact) mass is 814 g/mol. The molecule has 3 aromatic carbocycles. The van der Waals surface area contributed by atoms with Crippen LogP contribution >= 0.6 is 8.53 Å². The van der Waals surface area contributed by atoms with Crippen molar-refractivity contribution in [2.24, 2.45) is 0 Å². The predicted octanol–water partition coefficient (Wildman–Crippen LogP) is 6.70. The lowest BCUT2D eigenvalue weighted by atomic mass is 9.80. The highest BCUT2D eigenvalue weighted by molar-refractivity contribution is 7.44. The number of nitriles is 1. The second kappa shape index (κ2) is 20.5. The predicted molar refractivity (Wildman–Crippen MR) is 219 cm³/mol. The number of carbonyl (C=O) groups is 1. The lowest BCUT2D eigenvalue weighted by Gasteiger charge is -2.39. The maximum absolute atomic E-state index is 13.4. The summed E-state index contributed by atoms with van der Waals surface area (Å²) in [4.78, 5) is 40.4. The van der Waals surface area contributed by atoms with Gasteiger partial charge in [-0.15, -0.1) is 0 Å². The first-order valence-corrected chi connectivity index (χ1v) is 20.1. The summed E-state index contributed by atoms with van der Waals surface area (Å²) >= 11 is 0. The molecule has 1 unspecified atom stereocenters. The van der Waals surface area contributed by atoms with Crippen LogP contribution in [0.3, 0.4) is 0 Å². The van der Waals surface area contributed by atoms with E-state index < -0.39 is 49.8 Å². The fourth-order valence-corrected chi connectivity index (χ4v) is 8.64. The number of benzene rings is 3. The lowest BCUT2D eigenvalue weighted by Crippen LogP contribution is -2.39. The summed E-state index contributed by atoms with van der Waals surface area (Å²) in [5, 5.41) is 9.34. The quantitative estimate of drug-likeness (QED) is 0.0351. The number of carbonyl (C=O) groups excluding carboxylic acids is 1. The zero-order valence-electron chi connectivity index (χ0n) is 33.8. The number of rotatable bonds is 19. The van der Waals surface area contributed by atoms with Crippen molar-refractivity contribution in [3.63, 3.8) is 0 Å². The number of esters is 1. The highest BCUT2D eigenvalue weighted by Crippen LogP contribution is 2.50. The summed E-state index contributed by atoms with van der Waals surface area (Å²) in [5.74, 6) is 0.681. The van der Waals surface area contributed by atoms with Crippen molar-refractivity contribution in [2.75, 3.05) is 34.5 Å². The van der Waals surface area contributed by atoms with Crippen LogP contribution in [0.1, 0.15) is 69.0 Å². The number of hydrogen-bond donors (Lipinski definition) is 1. The number of aromatic nitrogens is 2. The van der Waals surface area contributed by atoms with Gasteiger partial charge in [0.25, 0.3) is 14.1 Å². The van der Waals surface area contributed by atoms with Gasteiger partial charge in [-0.1, -0.05) is 54.6 Å². The van der Waals surface area contributed by atoms with E-state index in [-0.39, 0.29) is 43.7 Å². The Labute approximate surface area is 339 Å². The standard InChI is InChI=1S/C43H51N4O10P/c1-29(2)47(30(3)4)58(55-25-11-24-44)57-37-26-39(46-27-31(14-23-40(48)53-7)41(49)45-42(46)50)56-38(37)28-54-43(32-12-9-8-10-13-32,33-15-19-35(51-5)20-16-33)34-17-21-36(52-6)22-18-34/h8-10,12-23,27,29-30,37-39H,11,25-26,28H2,1-7H3,(H,45,49,50)/b23-14+/t37-,38-,39-,58?/m1/s1. The Morgan fingerprint density at radius 1 is 0.948 bits per heavy atom. The topological polar surface area (TPSA) is 164 Å². The summed E-state index contributed by atoms with van der Waals surface area (Å²) in [7, 11) is 2.70. The second-order valence-corrected chi connectivity index (χ2v) is 15.4. The van der Waals surface area contributed by atoms with Gasteiger partial charge in [-0.3, -0.25) is 14.3 Å². The molecule has 4 atom stereocenters. The minimum absolute atomic E-state index is 0.0165. The van der Waals surface area contributed by atoms with E-state index in [9.17, 15) is 19.6 Å². The third kappa shape index (κ3) is 10.3. The molecule has 1 aliphatic heterocycles. The van der Waals surface area contributed by atoms with Crippen LogP contribution in [-0.2, 0) is 33.7 Å². The van der Waals surface area contributed by atoms with E-state index in [0.717, 1.165) is 22.8 Å². The summed E-state index contributed by atoms with van der Waals surface area (Å²) in [6.45, 7) is 8.29. The first-order valence-electron chi connectivity index (χ1n) is 19.0. The number of nitrogens with one attached hydrogen (secondary N) is 1. The molecule has 1 N–H and O–H groups in total. The average Bonchev–Trinajstić information content (AvgIpc) is 3.62. The molecule has 0 amide bonds. The van der Waals surface area contributed by atoms with Crippen LogP contribution in [0.2, 0.25) is 0 Å². The molecule has 0 bridgehead atoms. The molecule has 308 valence electrons. The molecule has 1 aromatic heterocycles. The van der Waals surface area contributed by atoms with E-state index in [0.29, 0.717) is 11.5 Å². The molecule has 1 fully saturated rings. The van der Waals surface area contributed by atoms with Gasteiger partial charge in [0.15, 0.2) is 0 Å². The van der Waals surface area contributed by atoms with Gasteiger partial charge in [0.2, 0.25) is 0 Å². The average molecular weight is 815 g/mol. The van der Waals surface area contributed by atoms with Gasteiger partial charge in [-0.05, 0) is 74.7 Å². The van der Waals surface area contributed by atoms with E-state index in [4.69, 9.17) is 28.0 Å². The molecule has 1 saturated heterocycles. The first kappa shape index (κ1) is 44.0. The Bertz CT molecular complexity index is 2080. The van der Waals surface area contributed by atoms with Crippen LogP contribution < -0.4 is 20.7 Å². The van der Waals surface area contributed by atoms with Crippen LogP contribution in [0.25, 0.3) is 6.08 Å². The van der Waals surface area contributed by atoms with Crippen LogP contribution in [0.4, 0.5) is 0 Å². The fraction of sp³-hybridized carbons (Fsp3) is 0.395. The normalized spacial score (nSPS) is 17.5. The van der Waals surface area contributed by atoms with Gasteiger partial charge in [0.1, 0.15) is 29.4 Å². The maximum atomic E-state index is 13.4. The molecule has 0 saturated carbocycles. The van der Waals surface area contributed by atoms with Gasteiger partial charge < -0.3 is 32.7 Å². The first-order chi connectivity index (χ1) is 27.9. The third-order valence-corrected chi connectivity index (χ3v) is 11.8. The van der Waals surface area contributed by atoms with Crippen molar-refractivity contribution in [2.45, 2.75) is 76.7 Å². The Hall–Kier alpha value is -5.13. The number of aromatic amines is 1. The van der Waals surface area contributed by atoms with Crippen LogP contribution in [0, 0.1) is 11.3 Å². The molecule has 4 aromatic rings. The van der Waals surface area contributed by atoms with E-state index >= 15 is 0 Å². The molecule has 15 heteroatoms. The van der Waals surface area contributed by atoms with E-state index in [1.165, 1.54) is 23.9 Å². The number of methoxy groups -OCH3 is 3. The lowest BCUT2D eigenvalue weighted by molar-refractivity contribution is -0.134. The van der Waals surface area contributed by atoms with Gasteiger partial charge in [-0.2, -0.15) is 5.26 Å². The SMILES string of the molecule is COC(=O)/C=C/c1cn([C@H]2C[C@@H](OP(OCCC#N)N(C(C)C)C(C)C)[C@@H](COC(c3ccccc3)(c3ccc(OC)cc3)c3ccc(OC)cc3)O2)c(=O)[nH]c1=O. The molecule has 0 aliphatic carbocycles. The summed E-state index contributed by atoms with van der Waals surface area (Å²) in [6.07, 6.45) is 1.62. The Balaban J connectivity index is 1.62. The zero-order valence-corrected chi connectivity index (χ0v) is 34.7. The molecule has 0 spiro atoms. The molecule has 0 radical (unpaired) electrons. The minimum atomic E-state index is -1.74. The second-order valence-electron chi connectivity index (χ2n) is 14.0. The highest BCUT2D eigenvalue weighted by atomic mass is 31.2. The largest absolute Gasteiger partial charge is 0.497 e. The molecular weight excluding hydrogens is 763 g/mol. The third-order valence-electron chi connectivity index (χ3n) is 9.61. The summed E-state index contributed by atoms with van der Waals surface area (Å²) in [6, 6.07) is 27.3. The number of ether oxygens (including phenoxy) is 5. The van der Waals surface area contributed by atoms with Crippen LogP contribution in [0.5, 0.6) is 11.5 Å². The molecule has 1 aliphatic rings. The summed E-state index contributed by atoms with van der Waals surface area (Å²) < 4.78 is 46.2. The van der Waals surface area contributed by atoms with Gasteiger partial charge in [0, 0.05) is 30.8 Å². The number of hydrogen-bond acceptors (Lipinski definition) is 12. The van der Waals surface area contributed by atoms with Gasteiger partial charge in [0.05, 0.1) is 58.7 Å².